The van der Waals surface area contributed by atoms with Gasteiger partial charge in [-0.1, -0.05) is 54.4 Å². The molecule has 2 nitrogen and oxygen atoms in total. The van der Waals surface area contributed by atoms with E-state index < -0.39 is 0 Å². The van der Waals surface area contributed by atoms with E-state index in [9.17, 15) is 0 Å². The summed E-state index contributed by atoms with van der Waals surface area (Å²) in [5, 5.41) is 0. The van der Waals surface area contributed by atoms with Crippen molar-refractivity contribution in [1.29, 1.82) is 0 Å². The highest BCUT2D eigenvalue weighted by Gasteiger charge is 2.27. The van der Waals surface area contributed by atoms with Crippen molar-refractivity contribution in [2.75, 3.05) is 0 Å². The van der Waals surface area contributed by atoms with Crippen LogP contribution in [0.3, 0.4) is 0 Å². The molecule has 0 spiro atoms. The predicted molar refractivity (Wildman–Crippen MR) is 73.0 cm³/mol. The SMILES string of the molecule is CC(C)(C)CCCCC(C(N)N)C(C)(C)C. The Morgan fingerprint density at radius 1 is 0.875 bits per heavy atom. The van der Waals surface area contributed by atoms with Gasteiger partial charge in [-0.05, 0) is 29.6 Å². The average Bonchev–Trinajstić information content (AvgIpc) is 1.97. The molecular formula is C14H32N2. The van der Waals surface area contributed by atoms with Gasteiger partial charge in [0.15, 0.2) is 0 Å². The summed E-state index contributed by atoms with van der Waals surface area (Å²) in [7, 11) is 0. The summed E-state index contributed by atoms with van der Waals surface area (Å²) in [5.41, 5.74) is 12.4. The van der Waals surface area contributed by atoms with Crippen LogP contribution in [0, 0.1) is 16.7 Å². The Bertz CT molecular complexity index is 184. The first-order valence-electron chi connectivity index (χ1n) is 6.55. The van der Waals surface area contributed by atoms with E-state index in [1.54, 1.807) is 0 Å². The van der Waals surface area contributed by atoms with Gasteiger partial charge in [0.05, 0.1) is 6.17 Å². The maximum atomic E-state index is 5.87. The zero-order chi connectivity index (χ0) is 13.0. The van der Waals surface area contributed by atoms with Crippen LogP contribution in [-0.2, 0) is 0 Å². The van der Waals surface area contributed by atoms with Gasteiger partial charge >= 0.3 is 0 Å². The summed E-state index contributed by atoms with van der Waals surface area (Å²) in [6, 6.07) is 0. The van der Waals surface area contributed by atoms with E-state index in [-0.39, 0.29) is 11.6 Å². The molecule has 0 rings (SSSR count). The minimum atomic E-state index is -0.186. The largest absolute Gasteiger partial charge is 0.316 e. The third-order valence-electron chi connectivity index (χ3n) is 3.27. The molecule has 0 fully saturated rings. The Hall–Kier alpha value is -0.0800. The summed E-state index contributed by atoms with van der Waals surface area (Å²) in [6.45, 7) is 13.6. The van der Waals surface area contributed by atoms with Crippen molar-refractivity contribution in [3.8, 4) is 0 Å². The Labute approximate surface area is 102 Å². The second kappa shape index (κ2) is 6.02. The first-order valence-corrected chi connectivity index (χ1v) is 6.55. The van der Waals surface area contributed by atoms with Crippen LogP contribution >= 0.6 is 0 Å². The topological polar surface area (TPSA) is 52.0 Å². The van der Waals surface area contributed by atoms with E-state index in [1.165, 1.54) is 19.3 Å². The highest BCUT2D eigenvalue weighted by Crippen LogP contribution is 2.32. The quantitative estimate of drug-likeness (QED) is 0.559. The molecule has 0 aromatic rings. The van der Waals surface area contributed by atoms with Crippen molar-refractivity contribution in [3.63, 3.8) is 0 Å². The number of rotatable bonds is 5. The smallest absolute Gasteiger partial charge is 0.0555 e. The molecule has 98 valence electrons. The fraction of sp³-hybridized carbons (Fsp3) is 1.00. The average molecular weight is 228 g/mol. The second-order valence-electron chi connectivity index (χ2n) is 7.36. The van der Waals surface area contributed by atoms with E-state index in [4.69, 9.17) is 11.5 Å². The number of nitrogens with two attached hydrogens (primary N) is 2. The van der Waals surface area contributed by atoms with Gasteiger partial charge in [-0.25, -0.2) is 0 Å². The molecule has 0 bridgehead atoms. The standard InChI is InChI=1S/C14H32N2/c1-13(2,3)10-8-7-9-11(12(15)16)14(4,5)6/h11-12H,7-10,15-16H2,1-6H3. The highest BCUT2D eigenvalue weighted by molar-refractivity contribution is 4.79. The number of hydrogen-bond acceptors (Lipinski definition) is 2. The van der Waals surface area contributed by atoms with Gasteiger partial charge in [0.2, 0.25) is 0 Å². The Morgan fingerprint density at radius 3 is 1.69 bits per heavy atom. The summed E-state index contributed by atoms with van der Waals surface area (Å²) in [4.78, 5) is 0. The molecule has 1 unspecified atom stereocenters. The van der Waals surface area contributed by atoms with E-state index in [2.05, 4.69) is 41.5 Å². The summed E-state index contributed by atoms with van der Waals surface area (Å²) < 4.78 is 0. The molecular weight excluding hydrogens is 196 g/mol. The molecule has 0 aromatic carbocycles. The van der Waals surface area contributed by atoms with Crippen LogP contribution in [-0.4, -0.2) is 6.17 Å². The molecule has 2 heteroatoms. The monoisotopic (exact) mass is 228 g/mol. The van der Waals surface area contributed by atoms with Crippen molar-refractivity contribution < 1.29 is 0 Å². The van der Waals surface area contributed by atoms with Crippen LogP contribution in [0.4, 0.5) is 0 Å². The van der Waals surface area contributed by atoms with E-state index in [0.29, 0.717) is 11.3 Å². The molecule has 0 saturated heterocycles. The molecule has 4 N–H and O–H groups in total. The van der Waals surface area contributed by atoms with Crippen molar-refractivity contribution in [3.05, 3.63) is 0 Å². The van der Waals surface area contributed by atoms with Gasteiger partial charge in [0.1, 0.15) is 0 Å². The number of unbranched alkanes of at least 4 members (excludes halogenated alkanes) is 1. The van der Waals surface area contributed by atoms with Crippen LogP contribution in [0.25, 0.3) is 0 Å². The normalized spacial score (nSPS) is 15.6. The van der Waals surface area contributed by atoms with Crippen molar-refractivity contribution >= 4 is 0 Å². The van der Waals surface area contributed by atoms with Crippen LogP contribution in [0.15, 0.2) is 0 Å². The fourth-order valence-corrected chi connectivity index (χ4v) is 2.22. The summed E-state index contributed by atoms with van der Waals surface area (Å²) >= 11 is 0. The minimum Gasteiger partial charge on any atom is -0.316 e. The molecule has 0 saturated carbocycles. The third kappa shape index (κ3) is 7.24. The molecule has 0 heterocycles. The fourth-order valence-electron chi connectivity index (χ4n) is 2.22. The molecule has 0 aromatic heterocycles. The maximum Gasteiger partial charge on any atom is 0.0555 e. The van der Waals surface area contributed by atoms with Crippen molar-refractivity contribution in [1.82, 2.24) is 0 Å². The first-order chi connectivity index (χ1) is 7.04. The molecule has 1 atom stereocenters. The molecule has 0 aliphatic heterocycles. The van der Waals surface area contributed by atoms with E-state index in [1.807, 2.05) is 0 Å². The number of hydrogen-bond donors (Lipinski definition) is 2. The lowest BCUT2D eigenvalue weighted by atomic mass is 9.76. The van der Waals surface area contributed by atoms with Gasteiger partial charge in [0, 0.05) is 0 Å². The van der Waals surface area contributed by atoms with Crippen LogP contribution in [0.5, 0.6) is 0 Å². The van der Waals surface area contributed by atoms with E-state index >= 15 is 0 Å². The first kappa shape index (κ1) is 15.9. The summed E-state index contributed by atoms with van der Waals surface area (Å²) in [5.74, 6) is 0.424. The third-order valence-corrected chi connectivity index (χ3v) is 3.27. The molecule has 0 radical (unpaired) electrons. The molecule has 16 heavy (non-hydrogen) atoms. The zero-order valence-electron chi connectivity index (χ0n) is 12.1. The van der Waals surface area contributed by atoms with Gasteiger partial charge in [-0.15, -0.1) is 0 Å². The Kier molecular flexibility index (Phi) is 5.99. The van der Waals surface area contributed by atoms with Gasteiger partial charge in [-0.2, -0.15) is 0 Å². The maximum absolute atomic E-state index is 5.87. The van der Waals surface area contributed by atoms with Crippen LogP contribution in [0.2, 0.25) is 0 Å². The predicted octanol–water partition coefficient (Wildman–Crippen LogP) is 3.50. The van der Waals surface area contributed by atoms with Gasteiger partial charge < -0.3 is 11.5 Å². The lowest BCUT2D eigenvalue weighted by Crippen LogP contribution is -2.44. The van der Waals surface area contributed by atoms with Gasteiger partial charge in [-0.3, -0.25) is 0 Å². The highest BCUT2D eigenvalue weighted by atomic mass is 14.9. The Balaban J connectivity index is 3.97. The lowest BCUT2D eigenvalue weighted by molar-refractivity contribution is 0.183. The van der Waals surface area contributed by atoms with Gasteiger partial charge in [0.25, 0.3) is 0 Å². The zero-order valence-corrected chi connectivity index (χ0v) is 12.1. The Morgan fingerprint density at radius 2 is 1.38 bits per heavy atom. The van der Waals surface area contributed by atoms with Crippen LogP contribution < -0.4 is 11.5 Å². The molecule has 0 aliphatic rings. The van der Waals surface area contributed by atoms with Crippen molar-refractivity contribution in [2.45, 2.75) is 73.4 Å². The minimum absolute atomic E-state index is 0.186. The molecule has 0 amide bonds. The summed E-state index contributed by atoms with van der Waals surface area (Å²) in [6.07, 6.45) is 4.77. The molecule has 0 aliphatic carbocycles. The lowest BCUT2D eigenvalue weighted by Gasteiger charge is -2.33. The second-order valence-corrected chi connectivity index (χ2v) is 7.36. The van der Waals surface area contributed by atoms with Crippen molar-refractivity contribution in [2.24, 2.45) is 28.2 Å². The van der Waals surface area contributed by atoms with Crippen LogP contribution in [0.1, 0.15) is 67.2 Å². The van der Waals surface area contributed by atoms with E-state index in [0.717, 1.165) is 6.42 Å².